The molecule has 0 amide bonds. The first-order chi connectivity index (χ1) is 11.1. The first-order valence-corrected chi connectivity index (χ1v) is 7.23. The maximum Gasteiger partial charge on any atom is 0.330 e. The van der Waals surface area contributed by atoms with Crippen molar-refractivity contribution in [3.8, 4) is 0 Å². The zero-order valence-corrected chi connectivity index (χ0v) is 19.3. The molecule has 0 aliphatic carbocycles. The maximum atomic E-state index is 11.9. The molecule has 0 radical (unpaired) electrons. The number of nitrogens with one attached hydrogen (secondary N) is 1. The van der Waals surface area contributed by atoms with Gasteiger partial charge in [-0.15, -0.1) is 0 Å². The second-order valence-electron chi connectivity index (χ2n) is 5.01. The molecule has 0 spiro atoms. The van der Waals surface area contributed by atoms with Gasteiger partial charge in [-0.1, -0.05) is 24.3 Å². The van der Waals surface area contributed by atoms with Crippen LogP contribution in [0.5, 0.6) is 0 Å². The Morgan fingerprint density at radius 1 is 1.36 bits per heavy atom. The van der Waals surface area contributed by atoms with E-state index in [-0.39, 0.29) is 48.7 Å². The van der Waals surface area contributed by atoms with E-state index in [1.807, 2.05) is 19.1 Å². The molecule has 10 heteroatoms. The molecule has 1 saturated heterocycles. The van der Waals surface area contributed by atoms with Crippen molar-refractivity contribution in [3.05, 3.63) is 57.4 Å². The van der Waals surface area contributed by atoms with Gasteiger partial charge >= 0.3 is 5.69 Å². The third kappa shape index (κ3) is 6.24. The van der Waals surface area contributed by atoms with Crippen LogP contribution >= 0.6 is 0 Å². The minimum atomic E-state index is -1.10. The Labute approximate surface area is 173 Å². The third-order valence-electron chi connectivity index (χ3n) is 3.44. The summed E-state index contributed by atoms with van der Waals surface area (Å²) in [5.74, 6) is 0. The first-order valence-electron chi connectivity index (χ1n) is 7.23. The molecule has 1 fully saturated rings. The number of allylic oxidation sites excluding steroid dienone is 3. The van der Waals surface area contributed by atoms with Crippen LogP contribution in [0.3, 0.4) is 0 Å². The fourth-order valence-corrected chi connectivity index (χ4v) is 2.31. The molecule has 8 nitrogen and oxygen atoms in total. The molecule has 0 saturated carbocycles. The van der Waals surface area contributed by atoms with Crippen LogP contribution in [-0.4, -0.2) is 51.3 Å². The Kier molecular flexibility index (Phi) is 11.6. The van der Waals surface area contributed by atoms with Gasteiger partial charge in [-0.2, -0.15) is 0 Å². The fourth-order valence-electron chi connectivity index (χ4n) is 2.31. The number of H-pyrrole nitrogens is 1. The van der Waals surface area contributed by atoms with Gasteiger partial charge in [-0.05, 0) is 6.92 Å². The molecule has 2 rings (SSSR count). The minimum Gasteiger partial charge on any atom is -0.394 e. The summed E-state index contributed by atoms with van der Waals surface area (Å²) < 4.78 is 12.2. The summed E-state index contributed by atoms with van der Waals surface area (Å²) in [6.07, 6.45) is 4.71. The van der Waals surface area contributed by atoms with Crippen molar-refractivity contribution in [2.45, 2.75) is 31.5 Å². The second kappa shape index (κ2) is 11.9. The molecular weight excluding hydrogens is 672 g/mol. The fraction of sp³-hybridized carbons (Fsp3) is 0.467. The van der Waals surface area contributed by atoms with Gasteiger partial charge in [-0.3, -0.25) is 14.3 Å². The summed E-state index contributed by atoms with van der Waals surface area (Å²) in [7, 11) is 0. The monoisotopic (exact) mass is 692 g/mol. The van der Waals surface area contributed by atoms with Gasteiger partial charge in [0.15, 0.2) is 6.23 Å². The first kappa shape index (κ1) is 24.4. The van der Waals surface area contributed by atoms with Gasteiger partial charge in [-0.25, -0.2) is 4.79 Å². The van der Waals surface area contributed by atoms with Crippen molar-refractivity contribution < 1.29 is 61.8 Å². The van der Waals surface area contributed by atoms with Crippen LogP contribution < -0.4 is 11.2 Å². The topological polar surface area (TPSA) is 114 Å². The van der Waals surface area contributed by atoms with Gasteiger partial charge < -0.3 is 19.7 Å². The Morgan fingerprint density at radius 3 is 2.68 bits per heavy atom. The molecule has 2 heterocycles. The molecule has 1 aromatic rings. The number of aliphatic hydroxyl groups is 2. The van der Waals surface area contributed by atoms with Crippen LogP contribution in [0.25, 0.3) is 0 Å². The molecule has 4 atom stereocenters. The second-order valence-corrected chi connectivity index (χ2v) is 5.01. The Balaban J connectivity index is 0.00000288. The van der Waals surface area contributed by atoms with Crippen LogP contribution in [0, 0.1) is 0 Å². The summed E-state index contributed by atoms with van der Waals surface area (Å²) in [6.45, 7) is 1.66. The summed E-state index contributed by atoms with van der Waals surface area (Å²) >= 11 is 0. The van der Waals surface area contributed by atoms with E-state index in [1.165, 1.54) is 12.3 Å². The number of aromatic nitrogens is 2. The Hall–Kier alpha value is -0.623. The summed E-state index contributed by atoms with van der Waals surface area (Å²) in [5, 5.41) is 19.5. The van der Waals surface area contributed by atoms with E-state index in [9.17, 15) is 19.8 Å². The quantitative estimate of drug-likeness (QED) is 0.341. The average molecular weight is 692 g/mol. The van der Waals surface area contributed by atoms with Crippen molar-refractivity contribution in [3.63, 3.8) is 0 Å². The molecule has 25 heavy (non-hydrogen) atoms. The van der Waals surface area contributed by atoms with Crippen LogP contribution in [0.15, 0.2) is 46.2 Å². The van der Waals surface area contributed by atoms with E-state index >= 15 is 0 Å². The largest absolute Gasteiger partial charge is 0.394 e. The van der Waals surface area contributed by atoms with Crippen molar-refractivity contribution in [1.29, 1.82) is 0 Å². The van der Waals surface area contributed by atoms with E-state index < -0.39 is 42.4 Å². The van der Waals surface area contributed by atoms with Gasteiger partial charge in [0.2, 0.25) is 0 Å². The normalized spacial score (nSPS) is 25.9. The van der Waals surface area contributed by atoms with E-state index in [0.29, 0.717) is 0 Å². The SMILES string of the molecule is C/C=C/C=C/COC1[C@@H](O)[C@@H](CO)O[C@H]1n1ccc(=O)[nH]c1=O.[W].[W]. The number of aromatic amines is 1. The Morgan fingerprint density at radius 2 is 2.08 bits per heavy atom. The summed E-state index contributed by atoms with van der Waals surface area (Å²) in [6, 6.07) is 1.17. The van der Waals surface area contributed by atoms with Crippen LogP contribution in [0.4, 0.5) is 0 Å². The standard InChI is InChI=1S/C15H20N2O6.2W/c1-2-3-4-5-8-22-13-12(20)10(9-18)23-14(13)17-7-6-11(19)16-15(17)21;;/h2-7,10,12-14,18,20H,8-9H2,1H3,(H,16,19,21);;/b3-2+,5-4+;;/t10-,12+,13?,14-;;/m1../s1. The molecule has 0 bridgehead atoms. The molecule has 1 unspecified atom stereocenters. The third-order valence-corrected chi connectivity index (χ3v) is 3.44. The number of aliphatic hydroxyl groups excluding tert-OH is 2. The zero-order valence-electron chi connectivity index (χ0n) is 13.5. The van der Waals surface area contributed by atoms with E-state index in [2.05, 4.69) is 4.98 Å². The van der Waals surface area contributed by atoms with Gasteiger partial charge in [0.05, 0.1) is 13.2 Å². The zero-order chi connectivity index (χ0) is 16.8. The average Bonchev–Trinajstić information content (AvgIpc) is 2.83. The number of nitrogens with zero attached hydrogens (tertiary/aromatic N) is 1. The molecule has 1 aliphatic rings. The predicted molar refractivity (Wildman–Crippen MR) is 82.0 cm³/mol. The van der Waals surface area contributed by atoms with Crippen LogP contribution in [0.1, 0.15) is 13.2 Å². The smallest absolute Gasteiger partial charge is 0.330 e. The predicted octanol–water partition coefficient (Wildman–Crippen LogP) is -0.700. The molecule has 1 aromatic heterocycles. The maximum absolute atomic E-state index is 11.9. The van der Waals surface area contributed by atoms with Gasteiger partial charge in [0.25, 0.3) is 5.56 Å². The van der Waals surface area contributed by atoms with Crippen molar-refractivity contribution in [2.75, 3.05) is 13.2 Å². The van der Waals surface area contributed by atoms with Crippen LogP contribution in [0.2, 0.25) is 0 Å². The number of rotatable bonds is 6. The molecule has 3 N–H and O–H groups in total. The van der Waals surface area contributed by atoms with Crippen molar-refractivity contribution >= 4 is 0 Å². The van der Waals surface area contributed by atoms with Crippen LogP contribution in [-0.2, 0) is 51.6 Å². The van der Waals surface area contributed by atoms with E-state index in [4.69, 9.17) is 9.47 Å². The minimum absolute atomic E-state index is 0. The molecule has 138 valence electrons. The van der Waals surface area contributed by atoms with E-state index in [1.54, 1.807) is 12.2 Å². The molecule has 0 aromatic carbocycles. The number of hydrogen-bond donors (Lipinski definition) is 3. The molecular formula is C15H20N2O6W2. The van der Waals surface area contributed by atoms with E-state index in [0.717, 1.165) is 4.57 Å². The van der Waals surface area contributed by atoms with Crippen molar-refractivity contribution in [2.24, 2.45) is 0 Å². The Bertz CT molecular complexity index is 687. The number of hydrogen-bond acceptors (Lipinski definition) is 6. The van der Waals surface area contributed by atoms with Gasteiger partial charge in [0.1, 0.15) is 18.3 Å². The van der Waals surface area contributed by atoms with Gasteiger partial charge in [0, 0.05) is 54.4 Å². The molecule has 1 aliphatic heterocycles. The summed E-state index contributed by atoms with van der Waals surface area (Å²) in [5.41, 5.74) is -1.21. The number of ether oxygens (including phenoxy) is 2. The summed E-state index contributed by atoms with van der Waals surface area (Å²) in [4.78, 5) is 25.2. The van der Waals surface area contributed by atoms with Crippen molar-refractivity contribution in [1.82, 2.24) is 9.55 Å².